The number of amides is 2. The quantitative estimate of drug-likeness (QED) is 0.750. The van der Waals surface area contributed by atoms with Gasteiger partial charge in [-0.1, -0.05) is 0 Å². The number of aliphatic carboxylic acids is 1. The Morgan fingerprint density at radius 1 is 1.42 bits per heavy atom. The molecule has 104 valence electrons. The lowest BCUT2D eigenvalue weighted by molar-refractivity contribution is -0.141. The Morgan fingerprint density at radius 3 is 2.89 bits per heavy atom. The molecule has 1 aliphatic rings. The molecular weight excluding hydrogens is 248 g/mol. The first kappa shape index (κ1) is 13.5. The standard InChI is InChI=1S/C13H18N2O4/c16-12(17)9-3-4-10(8-9)15-13(18)14-6-5-11-2-1-7-19-11/h1-2,7,9-10H,3-6,8H2,(H,16,17)(H2,14,15,18)/t9-,10+/m1/s1. The van der Waals surface area contributed by atoms with Crippen molar-refractivity contribution < 1.29 is 19.1 Å². The van der Waals surface area contributed by atoms with Crippen molar-refractivity contribution in [3.63, 3.8) is 0 Å². The zero-order valence-electron chi connectivity index (χ0n) is 10.6. The molecule has 1 aromatic rings. The minimum absolute atomic E-state index is 0.0373. The smallest absolute Gasteiger partial charge is 0.315 e. The molecule has 0 radical (unpaired) electrons. The second kappa shape index (κ2) is 6.26. The first-order valence-electron chi connectivity index (χ1n) is 6.44. The molecule has 2 atom stereocenters. The van der Waals surface area contributed by atoms with E-state index in [2.05, 4.69) is 10.6 Å². The molecule has 3 N–H and O–H groups in total. The predicted molar refractivity (Wildman–Crippen MR) is 67.7 cm³/mol. The summed E-state index contributed by atoms with van der Waals surface area (Å²) >= 11 is 0. The van der Waals surface area contributed by atoms with E-state index in [-0.39, 0.29) is 18.0 Å². The fourth-order valence-corrected chi connectivity index (χ4v) is 2.33. The molecule has 1 fully saturated rings. The summed E-state index contributed by atoms with van der Waals surface area (Å²) in [5.41, 5.74) is 0. The number of carbonyl (C=O) groups is 2. The molecule has 2 rings (SSSR count). The van der Waals surface area contributed by atoms with Crippen LogP contribution in [-0.4, -0.2) is 29.7 Å². The molecule has 1 heterocycles. The summed E-state index contributed by atoms with van der Waals surface area (Å²) in [5, 5.41) is 14.4. The van der Waals surface area contributed by atoms with Gasteiger partial charge in [0.2, 0.25) is 0 Å². The summed E-state index contributed by atoms with van der Waals surface area (Å²) in [6.45, 7) is 0.494. The Kier molecular flexibility index (Phi) is 4.43. The highest BCUT2D eigenvalue weighted by molar-refractivity contribution is 5.75. The maximum absolute atomic E-state index is 11.6. The Bertz CT molecular complexity index is 430. The average molecular weight is 266 g/mol. The highest BCUT2D eigenvalue weighted by Crippen LogP contribution is 2.25. The van der Waals surface area contributed by atoms with Crippen LogP contribution in [0.2, 0.25) is 0 Å². The van der Waals surface area contributed by atoms with E-state index < -0.39 is 5.97 Å². The number of rotatable bonds is 5. The molecule has 0 aromatic carbocycles. The first-order chi connectivity index (χ1) is 9.15. The van der Waals surface area contributed by atoms with E-state index in [1.165, 1.54) is 0 Å². The van der Waals surface area contributed by atoms with Gasteiger partial charge in [-0.05, 0) is 31.4 Å². The maximum Gasteiger partial charge on any atom is 0.315 e. The highest BCUT2D eigenvalue weighted by atomic mass is 16.4. The van der Waals surface area contributed by atoms with E-state index in [4.69, 9.17) is 9.52 Å². The van der Waals surface area contributed by atoms with Crippen LogP contribution in [0.4, 0.5) is 4.79 Å². The molecule has 19 heavy (non-hydrogen) atoms. The van der Waals surface area contributed by atoms with E-state index in [0.717, 1.165) is 12.2 Å². The van der Waals surface area contributed by atoms with Gasteiger partial charge in [-0.15, -0.1) is 0 Å². The van der Waals surface area contributed by atoms with Crippen LogP contribution in [0.3, 0.4) is 0 Å². The van der Waals surface area contributed by atoms with Crippen molar-refractivity contribution in [2.24, 2.45) is 5.92 Å². The molecule has 0 unspecified atom stereocenters. The normalized spacial score (nSPS) is 22.1. The van der Waals surface area contributed by atoms with Gasteiger partial charge in [0.25, 0.3) is 0 Å². The Balaban J connectivity index is 1.63. The van der Waals surface area contributed by atoms with Crippen molar-refractivity contribution >= 4 is 12.0 Å². The number of furan rings is 1. The van der Waals surface area contributed by atoms with E-state index in [1.54, 1.807) is 12.3 Å². The molecule has 6 nitrogen and oxygen atoms in total. The molecule has 0 saturated heterocycles. The molecule has 0 bridgehead atoms. The molecule has 6 heteroatoms. The molecular formula is C13H18N2O4. The van der Waals surface area contributed by atoms with Gasteiger partial charge in [-0.25, -0.2) is 4.79 Å². The van der Waals surface area contributed by atoms with Crippen LogP contribution in [0.1, 0.15) is 25.0 Å². The third kappa shape index (κ3) is 4.01. The summed E-state index contributed by atoms with van der Waals surface area (Å²) in [6, 6.07) is 3.38. The molecule has 0 aliphatic heterocycles. The lowest BCUT2D eigenvalue weighted by atomic mass is 10.1. The summed E-state index contributed by atoms with van der Waals surface area (Å²) in [4.78, 5) is 22.4. The van der Waals surface area contributed by atoms with Crippen LogP contribution in [-0.2, 0) is 11.2 Å². The maximum atomic E-state index is 11.6. The van der Waals surface area contributed by atoms with E-state index >= 15 is 0 Å². The summed E-state index contributed by atoms with van der Waals surface area (Å²) in [5.74, 6) is -0.275. The first-order valence-corrected chi connectivity index (χ1v) is 6.44. The minimum atomic E-state index is -0.775. The lowest BCUT2D eigenvalue weighted by Gasteiger charge is -2.13. The minimum Gasteiger partial charge on any atom is -0.481 e. The van der Waals surface area contributed by atoms with Gasteiger partial charge in [-0.3, -0.25) is 4.79 Å². The molecule has 1 aromatic heterocycles. The van der Waals surface area contributed by atoms with Crippen molar-refractivity contribution in [3.8, 4) is 0 Å². The van der Waals surface area contributed by atoms with E-state index in [0.29, 0.717) is 25.8 Å². The van der Waals surface area contributed by atoms with Crippen molar-refractivity contribution in [2.75, 3.05) is 6.54 Å². The lowest BCUT2D eigenvalue weighted by Crippen LogP contribution is -2.41. The Labute approximate surface area is 111 Å². The van der Waals surface area contributed by atoms with Crippen LogP contribution < -0.4 is 10.6 Å². The molecule has 2 amide bonds. The molecule has 0 spiro atoms. The molecule has 1 saturated carbocycles. The summed E-state index contributed by atoms with van der Waals surface area (Å²) in [6.07, 6.45) is 4.11. The highest BCUT2D eigenvalue weighted by Gasteiger charge is 2.30. The predicted octanol–water partition coefficient (Wildman–Crippen LogP) is 1.37. The fourth-order valence-electron chi connectivity index (χ4n) is 2.33. The SMILES string of the molecule is O=C(NCCc1ccco1)N[C@H]1CC[C@@H](C(=O)O)C1. The van der Waals surface area contributed by atoms with Crippen LogP contribution in [0.15, 0.2) is 22.8 Å². The van der Waals surface area contributed by atoms with Crippen molar-refractivity contribution in [1.29, 1.82) is 0 Å². The second-order valence-electron chi connectivity index (χ2n) is 4.77. The van der Waals surface area contributed by atoms with E-state index in [9.17, 15) is 9.59 Å². The largest absolute Gasteiger partial charge is 0.481 e. The number of hydrogen-bond acceptors (Lipinski definition) is 3. The van der Waals surface area contributed by atoms with Gasteiger partial charge in [0.1, 0.15) is 5.76 Å². The van der Waals surface area contributed by atoms with Gasteiger partial charge in [0.15, 0.2) is 0 Å². The summed E-state index contributed by atoms with van der Waals surface area (Å²) < 4.78 is 5.15. The van der Waals surface area contributed by atoms with E-state index in [1.807, 2.05) is 6.07 Å². The number of carboxylic acids is 1. The zero-order valence-corrected chi connectivity index (χ0v) is 10.6. The number of urea groups is 1. The Morgan fingerprint density at radius 2 is 2.26 bits per heavy atom. The topological polar surface area (TPSA) is 91.6 Å². The van der Waals surface area contributed by atoms with Crippen molar-refractivity contribution in [1.82, 2.24) is 10.6 Å². The summed E-state index contributed by atoms with van der Waals surface area (Å²) in [7, 11) is 0. The third-order valence-corrected chi connectivity index (χ3v) is 3.35. The number of nitrogens with one attached hydrogen (secondary N) is 2. The zero-order chi connectivity index (χ0) is 13.7. The Hall–Kier alpha value is -1.98. The van der Waals surface area contributed by atoms with Crippen LogP contribution in [0.5, 0.6) is 0 Å². The number of hydrogen-bond donors (Lipinski definition) is 3. The van der Waals surface area contributed by atoms with Crippen molar-refractivity contribution in [2.45, 2.75) is 31.7 Å². The fraction of sp³-hybridized carbons (Fsp3) is 0.538. The van der Waals surface area contributed by atoms with Gasteiger partial charge in [0, 0.05) is 19.0 Å². The van der Waals surface area contributed by atoms with Crippen molar-refractivity contribution in [3.05, 3.63) is 24.2 Å². The van der Waals surface area contributed by atoms with Crippen LogP contribution >= 0.6 is 0 Å². The van der Waals surface area contributed by atoms with Gasteiger partial charge in [0.05, 0.1) is 12.2 Å². The third-order valence-electron chi connectivity index (χ3n) is 3.35. The average Bonchev–Trinajstić information content (AvgIpc) is 3.00. The van der Waals surface area contributed by atoms with Crippen LogP contribution in [0.25, 0.3) is 0 Å². The number of carboxylic acid groups (broad SMARTS) is 1. The molecule has 1 aliphatic carbocycles. The van der Waals surface area contributed by atoms with Crippen LogP contribution in [0, 0.1) is 5.92 Å². The van der Waals surface area contributed by atoms with Gasteiger partial charge < -0.3 is 20.2 Å². The second-order valence-corrected chi connectivity index (χ2v) is 4.77. The monoisotopic (exact) mass is 266 g/mol. The van der Waals surface area contributed by atoms with Gasteiger partial charge >= 0.3 is 12.0 Å². The van der Waals surface area contributed by atoms with Gasteiger partial charge in [-0.2, -0.15) is 0 Å². The number of carbonyl (C=O) groups excluding carboxylic acids is 1.